The number of nitrogens with two attached hydrogens (primary N) is 1. The summed E-state index contributed by atoms with van der Waals surface area (Å²) in [5.74, 6) is -0.905. The lowest BCUT2D eigenvalue weighted by Gasteiger charge is -2.19. The van der Waals surface area contributed by atoms with Gasteiger partial charge in [0.2, 0.25) is 0 Å². The number of carbonyl (C=O) groups is 2. The Hall–Kier alpha value is -3.85. The fraction of sp³-hybridized carbons (Fsp3) is 0.607. The monoisotopic (exact) mass is 1010 g/mol. The molecule has 0 bridgehead atoms. The molecule has 0 aliphatic rings. The largest absolute Gasteiger partial charge is 0.472 e. The molecule has 0 spiro atoms. The first-order chi connectivity index (χ1) is 34.8. The van der Waals surface area contributed by atoms with Crippen molar-refractivity contribution >= 4 is 19.8 Å². The lowest BCUT2D eigenvalue weighted by atomic mass is 10.0. The molecular weight excluding hydrogens is 906 g/mol. The molecule has 0 aromatic carbocycles. The Morgan fingerprint density at radius 1 is 0.423 bits per heavy atom. The van der Waals surface area contributed by atoms with Crippen molar-refractivity contribution in [1.82, 2.24) is 0 Å². The highest BCUT2D eigenvalue weighted by Crippen LogP contribution is 2.43. The third-order valence-electron chi connectivity index (χ3n) is 11.0. The van der Waals surface area contributed by atoms with E-state index in [1.165, 1.54) is 70.6 Å². The summed E-state index contributed by atoms with van der Waals surface area (Å²) in [7, 11) is -4.41. The molecule has 0 aromatic rings. The first kappa shape index (κ1) is 67.1. The van der Waals surface area contributed by atoms with Crippen molar-refractivity contribution in [3.63, 3.8) is 0 Å². The standard InChI is InChI=1S/C61H100NO8P/c1-3-5-7-9-11-13-15-17-19-21-22-23-24-25-26-27-28-29-30-31-32-33-34-35-36-38-40-42-44-46-48-50-52-54-61(64)70-59(58-69-71(65,66)68-56-55-62)57-67-60(63)53-51-49-47-45-43-41-39-37-20-18-16-14-12-10-8-6-4-2/h5-8,11-14,17-20,22-23,25-26,28-29,39,41,45,47,59H,3-4,9-10,15-16,21,24,27,30-38,40,42-44,46,48-58,62H2,1-2H3,(H,65,66)/b7-5-,8-6-,13-11-,14-12-,19-17-,20-18-,23-22-,26-25-,29-28-,41-39-,47-45-. The molecule has 71 heavy (non-hydrogen) atoms. The van der Waals surface area contributed by atoms with Crippen LogP contribution in [-0.2, 0) is 32.7 Å². The van der Waals surface area contributed by atoms with Gasteiger partial charge in [-0.15, -0.1) is 0 Å². The van der Waals surface area contributed by atoms with E-state index in [4.69, 9.17) is 24.3 Å². The van der Waals surface area contributed by atoms with Crippen molar-refractivity contribution in [2.75, 3.05) is 26.4 Å². The molecule has 0 radical (unpaired) electrons. The number of allylic oxidation sites excluding steroid dienone is 22. The number of hydrogen-bond donors (Lipinski definition) is 2. The van der Waals surface area contributed by atoms with Gasteiger partial charge in [0.25, 0.3) is 0 Å². The molecule has 0 saturated heterocycles. The minimum Gasteiger partial charge on any atom is -0.462 e. The van der Waals surface area contributed by atoms with Crippen LogP contribution in [-0.4, -0.2) is 49.3 Å². The highest BCUT2D eigenvalue weighted by Gasteiger charge is 2.26. The summed E-state index contributed by atoms with van der Waals surface area (Å²) in [5.41, 5.74) is 5.37. The summed E-state index contributed by atoms with van der Waals surface area (Å²) in [6.07, 6.45) is 78.0. The smallest absolute Gasteiger partial charge is 0.462 e. The predicted molar refractivity (Wildman–Crippen MR) is 302 cm³/mol. The number of phosphoric ester groups is 1. The van der Waals surface area contributed by atoms with E-state index in [0.29, 0.717) is 12.8 Å². The zero-order valence-electron chi connectivity index (χ0n) is 44.7. The summed E-state index contributed by atoms with van der Waals surface area (Å²) >= 11 is 0. The lowest BCUT2D eigenvalue weighted by Crippen LogP contribution is -2.29. The maximum atomic E-state index is 12.7. The molecule has 2 atom stereocenters. The minimum absolute atomic E-state index is 0.0394. The van der Waals surface area contributed by atoms with E-state index in [1.54, 1.807) is 0 Å². The normalized spacial score (nSPS) is 14.1. The Morgan fingerprint density at radius 2 is 0.746 bits per heavy atom. The molecule has 9 nitrogen and oxygen atoms in total. The van der Waals surface area contributed by atoms with Crippen LogP contribution >= 0.6 is 7.82 Å². The molecule has 0 aliphatic carbocycles. The van der Waals surface area contributed by atoms with Crippen molar-refractivity contribution in [3.8, 4) is 0 Å². The highest BCUT2D eigenvalue weighted by molar-refractivity contribution is 7.47. The van der Waals surface area contributed by atoms with E-state index in [-0.39, 0.29) is 32.6 Å². The molecule has 0 fully saturated rings. The summed E-state index contributed by atoms with van der Waals surface area (Å²) in [6.45, 7) is 3.43. The molecule has 0 amide bonds. The molecule has 0 heterocycles. The first-order valence-corrected chi connectivity index (χ1v) is 29.2. The van der Waals surface area contributed by atoms with E-state index in [0.717, 1.165) is 96.3 Å². The van der Waals surface area contributed by atoms with E-state index < -0.39 is 32.5 Å². The number of phosphoric acid groups is 1. The second-order valence-corrected chi connectivity index (χ2v) is 19.1. The number of unbranched alkanes of at least 4 members (excludes halogenated alkanes) is 15. The average molecular weight is 1010 g/mol. The number of rotatable bonds is 50. The number of esters is 2. The van der Waals surface area contributed by atoms with Crippen LogP contribution in [0.25, 0.3) is 0 Å². The number of ether oxygens (including phenoxy) is 2. The first-order valence-electron chi connectivity index (χ1n) is 27.7. The Bertz CT molecular complexity index is 1620. The van der Waals surface area contributed by atoms with Crippen molar-refractivity contribution < 1.29 is 37.6 Å². The van der Waals surface area contributed by atoms with Gasteiger partial charge in [0.1, 0.15) is 6.61 Å². The molecular formula is C61H100NO8P. The van der Waals surface area contributed by atoms with Gasteiger partial charge in [-0.1, -0.05) is 225 Å². The van der Waals surface area contributed by atoms with Crippen LogP contribution in [0.4, 0.5) is 0 Å². The molecule has 402 valence electrons. The quantitative estimate of drug-likeness (QED) is 0.0264. The van der Waals surface area contributed by atoms with Crippen LogP contribution in [0.5, 0.6) is 0 Å². The van der Waals surface area contributed by atoms with E-state index in [9.17, 15) is 19.0 Å². The van der Waals surface area contributed by atoms with Gasteiger partial charge >= 0.3 is 19.8 Å². The molecule has 10 heteroatoms. The topological polar surface area (TPSA) is 134 Å². The molecule has 3 N–H and O–H groups in total. The third-order valence-corrected chi connectivity index (χ3v) is 12.0. The van der Waals surface area contributed by atoms with Crippen molar-refractivity contribution in [3.05, 3.63) is 134 Å². The van der Waals surface area contributed by atoms with Crippen LogP contribution in [0.1, 0.15) is 206 Å². The number of hydrogen-bond acceptors (Lipinski definition) is 8. The molecule has 0 aromatic heterocycles. The summed E-state index contributed by atoms with van der Waals surface area (Å²) in [6, 6.07) is 0. The molecule has 0 rings (SSSR count). The SMILES string of the molecule is CC/C=C\C/C=C\C/C=C\C/C=C\C/C=C\C/C=C\CCCCCCCCCCCCCCCCC(=O)OC(COC(=O)CCC/C=C\C/C=C\C/C=C\C/C=C\C/C=C\CC)COP(=O)(O)OCCN. The van der Waals surface area contributed by atoms with Gasteiger partial charge in [-0.3, -0.25) is 18.6 Å². The van der Waals surface area contributed by atoms with Gasteiger partial charge in [-0.05, 0) is 103 Å². The van der Waals surface area contributed by atoms with E-state index >= 15 is 0 Å². The Morgan fingerprint density at radius 3 is 1.13 bits per heavy atom. The van der Waals surface area contributed by atoms with Gasteiger partial charge in [-0.25, -0.2) is 4.57 Å². The lowest BCUT2D eigenvalue weighted by molar-refractivity contribution is -0.161. The van der Waals surface area contributed by atoms with Gasteiger partial charge in [-0.2, -0.15) is 0 Å². The fourth-order valence-electron chi connectivity index (χ4n) is 7.03. The van der Waals surface area contributed by atoms with Crippen LogP contribution in [0.15, 0.2) is 134 Å². The number of carbonyl (C=O) groups excluding carboxylic acids is 2. The van der Waals surface area contributed by atoms with Crippen molar-refractivity contribution in [2.45, 2.75) is 213 Å². The fourth-order valence-corrected chi connectivity index (χ4v) is 7.79. The summed E-state index contributed by atoms with van der Waals surface area (Å²) < 4.78 is 32.9. The Kier molecular flexibility index (Phi) is 52.5. The van der Waals surface area contributed by atoms with Crippen molar-refractivity contribution in [2.24, 2.45) is 5.73 Å². The maximum Gasteiger partial charge on any atom is 0.472 e. The van der Waals surface area contributed by atoms with Crippen LogP contribution in [0, 0.1) is 0 Å². The second-order valence-electron chi connectivity index (χ2n) is 17.7. The molecule has 0 aliphatic heterocycles. The van der Waals surface area contributed by atoms with Crippen LogP contribution in [0.2, 0.25) is 0 Å². The summed E-state index contributed by atoms with van der Waals surface area (Å²) in [5, 5.41) is 0. The Balaban J connectivity index is 4.02. The molecule has 0 saturated carbocycles. The Labute approximate surface area is 434 Å². The van der Waals surface area contributed by atoms with Gasteiger partial charge in [0.05, 0.1) is 13.2 Å². The zero-order chi connectivity index (χ0) is 51.7. The van der Waals surface area contributed by atoms with Gasteiger partial charge in [0, 0.05) is 19.4 Å². The minimum atomic E-state index is -4.41. The van der Waals surface area contributed by atoms with Gasteiger partial charge < -0.3 is 20.1 Å². The summed E-state index contributed by atoms with van der Waals surface area (Å²) in [4.78, 5) is 35.1. The highest BCUT2D eigenvalue weighted by atomic mass is 31.2. The van der Waals surface area contributed by atoms with E-state index in [1.807, 2.05) is 6.08 Å². The van der Waals surface area contributed by atoms with Crippen molar-refractivity contribution in [1.29, 1.82) is 0 Å². The molecule has 2 unspecified atom stereocenters. The van der Waals surface area contributed by atoms with Crippen LogP contribution < -0.4 is 5.73 Å². The zero-order valence-corrected chi connectivity index (χ0v) is 45.5. The average Bonchev–Trinajstić information content (AvgIpc) is 3.36. The van der Waals surface area contributed by atoms with E-state index in [2.05, 4.69) is 141 Å². The van der Waals surface area contributed by atoms with Gasteiger partial charge in [0.15, 0.2) is 6.10 Å². The maximum absolute atomic E-state index is 12.7. The predicted octanol–water partition coefficient (Wildman–Crippen LogP) is 17.4. The second kappa shape index (κ2) is 55.5. The third kappa shape index (κ3) is 55.3. The van der Waals surface area contributed by atoms with Crippen LogP contribution in [0.3, 0.4) is 0 Å².